The van der Waals surface area contributed by atoms with Crippen LogP contribution in [0.4, 0.5) is 5.69 Å². The lowest BCUT2D eigenvalue weighted by molar-refractivity contribution is -0.121. The van der Waals surface area contributed by atoms with Gasteiger partial charge in [0, 0.05) is 19.2 Å². The number of amides is 2. The third kappa shape index (κ3) is 4.92. The molecule has 1 N–H and O–H groups in total. The minimum absolute atomic E-state index is 0.0881. The Morgan fingerprint density at radius 1 is 1.12 bits per heavy atom. The van der Waals surface area contributed by atoms with Crippen LogP contribution in [0, 0.1) is 11.3 Å². The summed E-state index contributed by atoms with van der Waals surface area (Å²) >= 11 is 0. The third-order valence-corrected chi connectivity index (χ3v) is 3.88. The maximum atomic E-state index is 12.8. The molecule has 5 nitrogen and oxygen atoms in total. The Kier molecular flexibility index (Phi) is 6.30. The van der Waals surface area contributed by atoms with Gasteiger partial charge in [0.25, 0.3) is 0 Å². The summed E-state index contributed by atoms with van der Waals surface area (Å²) in [6.45, 7) is 3.84. The van der Waals surface area contributed by atoms with Gasteiger partial charge in [0.2, 0.25) is 11.8 Å². The first kappa shape index (κ1) is 18.2. The van der Waals surface area contributed by atoms with Crippen molar-refractivity contribution in [3.8, 4) is 6.07 Å². The fourth-order valence-corrected chi connectivity index (χ4v) is 2.69. The number of carbonyl (C=O) groups is 2. The Morgan fingerprint density at radius 2 is 1.76 bits per heavy atom. The Balaban J connectivity index is 2.19. The van der Waals surface area contributed by atoms with Crippen molar-refractivity contribution in [2.45, 2.75) is 26.3 Å². The van der Waals surface area contributed by atoms with Crippen LogP contribution >= 0.6 is 0 Å². The van der Waals surface area contributed by atoms with Gasteiger partial charge in [0.05, 0.1) is 24.1 Å². The number of carbonyl (C=O) groups excluding carboxylic acids is 2. The largest absolute Gasteiger partial charge is 0.349 e. The van der Waals surface area contributed by atoms with Crippen molar-refractivity contribution in [3.63, 3.8) is 0 Å². The second-order valence-corrected chi connectivity index (χ2v) is 5.66. The molecule has 0 aromatic heterocycles. The molecule has 0 spiro atoms. The van der Waals surface area contributed by atoms with E-state index >= 15 is 0 Å². The lowest BCUT2D eigenvalue weighted by Gasteiger charge is -2.25. The highest BCUT2D eigenvalue weighted by molar-refractivity contribution is 5.94. The Hall–Kier alpha value is -3.13. The number of benzene rings is 2. The molecule has 0 saturated carbocycles. The summed E-state index contributed by atoms with van der Waals surface area (Å²) in [6, 6.07) is 18.0. The van der Waals surface area contributed by atoms with E-state index in [2.05, 4.69) is 11.4 Å². The molecule has 0 heterocycles. The summed E-state index contributed by atoms with van der Waals surface area (Å²) in [4.78, 5) is 26.0. The van der Waals surface area contributed by atoms with Gasteiger partial charge in [-0.05, 0) is 36.8 Å². The van der Waals surface area contributed by atoms with E-state index in [0.29, 0.717) is 12.1 Å². The minimum Gasteiger partial charge on any atom is -0.349 e. The van der Waals surface area contributed by atoms with Gasteiger partial charge in [-0.25, -0.2) is 0 Å². The Morgan fingerprint density at radius 3 is 2.28 bits per heavy atom. The number of rotatable bonds is 6. The summed E-state index contributed by atoms with van der Waals surface area (Å²) in [6.07, 6.45) is 0.164. The van der Waals surface area contributed by atoms with E-state index in [-0.39, 0.29) is 24.3 Å². The topological polar surface area (TPSA) is 73.2 Å². The lowest BCUT2D eigenvalue weighted by Crippen LogP contribution is -2.35. The highest BCUT2D eigenvalue weighted by Gasteiger charge is 2.21. The van der Waals surface area contributed by atoms with E-state index in [9.17, 15) is 9.59 Å². The predicted molar refractivity (Wildman–Crippen MR) is 96.8 cm³/mol. The van der Waals surface area contributed by atoms with Gasteiger partial charge in [-0.15, -0.1) is 0 Å². The second-order valence-electron chi connectivity index (χ2n) is 5.66. The molecular weight excluding hydrogens is 314 g/mol. The zero-order valence-corrected chi connectivity index (χ0v) is 14.4. The molecule has 2 amide bonds. The first-order chi connectivity index (χ1) is 12.0. The molecular formula is C20H21N3O2. The summed E-state index contributed by atoms with van der Waals surface area (Å²) in [5, 5.41) is 11.7. The van der Waals surface area contributed by atoms with Crippen LogP contribution in [0.25, 0.3) is 0 Å². The van der Waals surface area contributed by atoms with Crippen molar-refractivity contribution in [1.29, 1.82) is 5.26 Å². The normalized spacial score (nSPS) is 11.2. The van der Waals surface area contributed by atoms with Crippen molar-refractivity contribution in [2.75, 3.05) is 11.4 Å². The molecule has 0 saturated heterocycles. The van der Waals surface area contributed by atoms with Crippen LogP contribution in [0.2, 0.25) is 0 Å². The molecule has 25 heavy (non-hydrogen) atoms. The Labute approximate surface area is 147 Å². The smallest absolute Gasteiger partial charge is 0.229 e. The number of nitrogens with one attached hydrogen (secondary N) is 1. The molecule has 2 rings (SSSR count). The van der Waals surface area contributed by atoms with Crippen LogP contribution in [0.3, 0.4) is 0 Å². The van der Waals surface area contributed by atoms with Crippen molar-refractivity contribution < 1.29 is 9.59 Å². The highest BCUT2D eigenvalue weighted by atomic mass is 16.2. The predicted octanol–water partition coefficient (Wildman–Crippen LogP) is 3.18. The zero-order valence-electron chi connectivity index (χ0n) is 14.4. The van der Waals surface area contributed by atoms with Crippen LogP contribution < -0.4 is 10.2 Å². The maximum Gasteiger partial charge on any atom is 0.229 e. The van der Waals surface area contributed by atoms with Crippen molar-refractivity contribution >= 4 is 17.5 Å². The third-order valence-electron chi connectivity index (χ3n) is 3.88. The molecule has 5 heteroatoms. The number of hydrogen-bond donors (Lipinski definition) is 1. The van der Waals surface area contributed by atoms with Crippen LogP contribution in [0.1, 0.15) is 37.4 Å². The molecule has 1 atom stereocenters. The first-order valence-corrected chi connectivity index (χ1v) is 8.17. The average Bonchev–Trinajstić information content (AvgIpc) is 2.62. The zero-order chi connectivity index (χ0) is 18.2. The van der Waals surface area contributed by atoms with Gasteiger partial charge < -0.3 is 10.2 Å². The van der Waals surface area contributed by atoms with Gasteiger partial charge in [-0.3, -0.25) is 9.59 Å². The Bertz CT molecular complexity index is 764. The van der Waals surface area contributed by atoms with E-state index in [0.717, 1.165) is 11.3 Å². The number of nitriles is 1. The van der Waals surface area contributed by atoms with Crippen molar-refractivity contribution in [1.82, 2.24) is 5.32 Å². The van der Waals surface area contributed by atoms with Crippen molar-refractivity contribution in [3.05, 3.63) is 65.7 Å². The van der Waals surface area contributed by atoms with Crippen LogP contribution in [0.5, 0.6) is 0 Å². The van der Waals surface area contributed by atoms with Gasteiger partial charge in [0.1, 0.15) is 0 Å². The van der Waals surface area contributed by atoms with Gasteiger partial charge >= 0.3 is 0 Å². The molecule has 0 aliphatic heterocycles. The standard InChI is InChI=1S/C20H21N3O2/c1-3-23(18-11-9-16(14-21)10-12-18)20(25)13-19(22-15(2)24)17-7-5-4-6-8-17/h4-12,19H,3,13H2,1-2H3,(H,22,24). The molecule has 2 aromatic rings. The molecule has 2 aromatic carbocycles. The lowest BCUT2D eigenvalue weighted by atomic mass is 10.0. The molecule has 0 fully saturated rings. The summed E-state index contributed by atoms with van der Waals surface area (Å²) in [5.41, 5.74) is 2.18. The molecule has 0 radical (unpaired) electrons. The summed E-state index contributed by atoms with van der Waals surface area (Å²) in [7, 11) is 0. The fourth-order valence-electron chi connectivity index (χ4n) is 2.69. The highest BCUT2D eigenvalue weighted by Crippen LogP contribution is 2.21. The summed E-state index contributed by atoms with van der Waals surface area (Å²) in [5.74, 6) is -0.266. The molecule has 0 aliphatic rings. The summed E-state index contributed by atoms with van der Waals surface area (Å²) < 4.78 is 0. The maximum absolute atomic E-state index is 12.8. The molecule has 1 unspecified atom stereocenters. The molecule has 128 valence electrons. The van der Waals surface area contributed by atoms with Gasteiger partial charge in [-0.1, -0.05) is 30.3 Å². The van der Waals surface area contributed by atoms with Crippen LogP contribution in [0.15, 0.2) is 54.6 Å². The second kappa shape index (κ2) is 8.65. The van der Waals surface area contributed by atoms with E-state index in [4.69, 9.17) is 5.26 Å². The van der Waals surface area contributed by atoms with Crippen molar-refractivity contribution in [2.24, 2.45) is 0 Å². The van der Waals surface area contributed by atoms with Crippen LogP contribution in [-0.4, -0.2) is 18.4 Å². The van der Waals surface area contributed by atoms with Crippen LogP contribution in [-0.2, 0) is 9.59 Å². The van der Waals surface area contributed by atoms with E-state index in [1.54, 1.807) is 29.2 Å². The molecule has 0 bridgehead atoms. The average molecular weight is 335 g/mol. The minimum atomic E-state index is -0.376. The number of nitrogens with zero attached hydrogens (tertiary/aromatic N) is 2. The SMILES string of the molecule is CCN(C(=O)CC(NC(C)=O)c1ccccc1)c1ccc(C#N)cc1. The van der Waals surface area contributed by atoms with E-state index in [1.807, 2.05) is 37.3 Å². The van der Waals surface area contributed by atoms with Gasteiger partial charge in [-0.2, -0.15) is 5.26 Å². The quantitative estimate of drug-likeness (QED) is 0.881. The number of anilines is 1. The fraction of sp³-hybridized carbons (Fsp3) is 0.250. The van der Waals surface area contributed by atoms with Gasteiger partial charge in [0.15, 0.2) is 0 Å². The monoisotopic (exact) mass is 335 g/mol. The molecule has 0 aliphatic carbocycles. The first-order valence-electron chi connectivity index (χ1n) is 8.17. The number of hydrogen-bond acceptors (Lipinski definition) is 3. The van der Waals surface area contributed by atoms with E-state index < -0.39 is 0 Å². The van der Waals surface area contributed by atoms with E-state index in [1.165, 1.54) is 6.92 Å².